The number of nitrogens with one attached hydrogen (secondary N) is 3. The van der Waals surface area contributed by atoms with Crippen LogP contribution < -0.4 is 27.4 Å². The van der Waals surface area contributed by atoms with E-state index in [2.05, 4.69) is 16.0 Å². The molecule has 3 atom stereocenters. The minimum atomic E-state index is -1.31. The number of aliphatic carboxylic acids is 2. The van der Waals surface area contributed by atoms with Crippen LogP contribution in [-0.4, -0.2) is 83.1 Å². The number of carbonyl (C=O) groups excluding carboxylic acids is 3. The Kier molecular flexibility index (Phi) is 14.2. The van der Waals surface area contributed by atoms with E-state index in [9.17, 15) is 29.1 Å². The summed E-state index contributed by atoms with van der Waals surface area (Å²) < 4.78 is 0. The Morgan fingerprint density at radius 3 is 2.17 bits per heavy atom. The minimum Gasteiger partial charge on any atom is -0.481 e. The lowest BCUT2D eigenvalue weighted by Gasteiger charge is -2.21. The average molecular weight is 450 g/mol. The van der Waals surface area contributed by atoms with E-state index in [1.54, 1.807) is 0 Å². The van der Waals surface area contributed by atoms with Crippen molar-refractivity contribution in [3.05, 3.63) is 0 Å². The van der Waals surface area contributed by atoms with Crippen molar-refractivity contribution in [1.29, 1.82) is 0 Å². The van der Waals surface area contributed by atoms with Crippen LogP contribution in [-0.2, 0) is 24.0 Å². The Bertz CT molecular complexity index is 605. The Balaban J connectivity index is 4.87. The summed E-state index contributed by atoms with van der Waals surface area (Å²) in [5, 5.41) is 24.9. The molecule has 12 nitrogen and oxygen atoms in total. The maximum absolute atomic E-state index is 12.5. The largest absolute Gasteiger partial charge is 0.481 e. The van der Waals surface area contributed by atoms with Gasteiger partial charge in [0, 0.05) is 0 Å². The molecule has 0 radical (unpaired) electrons. The van der Waals surface area contributed by atoms with Crippen LogP contribution in [0.15, 0.2) is 0 Å². The summed E-state index contributed by atoms with van der Waals surface area (Å²) in [6, 6.07) is -3.41. The lowest BCUT2D eigenvalue weighted by molar-refractivity contribution is -0.142. The number of nitrogens with two attached hydrogens (primary N) is 2. The van der Waals surface area contributed by atoms with Gasteiger partial charge in [0.1, 0.15) is 12.1 Å². The first-order chi connectivity index (χ1) is 14.1. The molecule has 0 aromatic rings. The van der Waals surface area contributed by atoms with E-state index in [1.807, 2.05) is 6.26 Å². The first-order valence-corrected chi connectivity index (χ1v) is 10.8. The third-order valence-corrected chi connectivity index (χ3v) is 4.62. The van der Waals surface area contributed by atoms with E-state index >= 15 is 0 Å². The number of carboxylic acid groups (broad SMARTS) is 2. The predicted molar refractivity (Wildman–Crippen MR) is 111 cm³/mol. The molecule has 172 valence electrons. The molecule has 0 fully saturated rings. The van der Waals surface area contributed by atoms with Crippen LogP contribution in [0.1, 0.15) is 32.1 Å². The summed E-state index contributed by atoms with van der Waals surface area (Å²) in [4.78, 5) is 58.2. The van der Waals surface area contributed by atoms with E-state index in [0.717, 1.165) is 0 Å². The molecule has 3 unspecified atom stereocenters. The molecule has 0 bridgehead atoms. The lowest BCUT2D eigenvalue weighted by Crippen LogP contribution is -2.53. The van der Waals surface area contributed by atoms with Crippen LogP contribution >= 0.6 is 11.8 Å². The monoisotopic (exact) mass is 449 g/mol. The van der Waals surface area contributed by atoms with Gasteiger partial charge in [-0.2, -0.15) is 11.8 Å². The highest BCUT2D eigenvalue weighted by Gasteiger charge is 2.26. The fourth-order valence-electron chi connectivity index (χ4n) is 2.35. The second-order valence-corrected chi connectivity index (χ2v) is 7.49. The quantitative estimate of drug-likeness (QED) is 0.127. The molecule has 0 aromatic carbocycles. The van der Waals surface area contributed by atoms with Gasteiger partial charge >= 0.3 is 11.9 Å². The summed E-state index contributed by atoms with van der Waals surface area (Å²) >= 11 is 1.44. The summed E-state index contributed by atoms with van der Waals surface area (Å²) in [6.07, 6.45) is 2.80. The van der Waals surface area contributed by atoms with Crippen molar-refractivity contribution in [1.82, 2.24) is 16.0 Å². The molecule has 0 aliphatic rings. The van der Waals surface area contributed by atoms with Gasteiger partial charge < -0.3 is 37.6 Å². The van der Waals surface area contributed by atoms with Crippen molar-refractivity contribution >= 4 is 41.4 Å². The van der Waals surface area contributed by atoms with E-state index in [0.29, 0.717) is 25.1 Å². The second-order valence-electron chi connectivity index (χ2n) is 6.51. The van der Waals surface area contributed by atoms with Gasteiger partial charge in [0.25, 0.3) is 0 Å². The molecule has 0 spiro atoms. The average Bonchev–Trinajstić information content (AvgIpc) is 2.67. The van der Waals surface area contributed by atoms with Crippen LogP contribution in [0, 0.1) is 0 Å². The molecular formula is C17H31N5O7S. The number of carbonyl (C=O) groups is 5. The Morgan fingerprint density at radius 1 is 0.967 bits per heavy atom. The number of unbranched alkanes of at least 4 members (excludes halogenated alkanes) is 1. The molecule has 0 heterocycles. The number of carboxylic acids is 2. The second kappa shape index (κ2) is 15.5. The summed E-state index contributed by atoms with van der Waals surface area (Å²) in [6.45, 7) is -0.118. The zero-order valence-corrected chi connectivity index (χ0v) is 17.7. The predicted octanol–water partition coefficient (Wildman–Crippen LogP) is -2.16. The topological polar surface area (TPSA) is 214 Å². The lowest BCUT2D eigenvalue weighted by atomic mass is 10.1. The van der Waals surface area contributed by atoms with E-state index < -0.39 is 60.8 Å². The first kappa shape index (κ1) is 27.6. The SMILES string of the molecule is CSCCC(NC(=O)C(CCCCN)NC(=O)CNC(=O)C(N)CC(=O)O)C(=O)O. The van der Waals surface area contributed by atoms with Gasteiger partial charge in [-0.15, -0.1) is 0 Å². The number of amides is 3. The highest BCUT2D eigenvalue weighted by atomic mass is 32.2. The standard InChI is InChI=1S/C17H31N5O7S/c1-30-7-5-12(17(28)29)22-16(27)11(4-2-3-6-18)21-13(23)9-20-15(26)10(19)8-14(24)25/h10-12H,2-9,18-19H2,1H3,(H,20,26)(H,21,23)(H,22,27)(H,24,25)(H,28,29). The third-order valence-electron chi connectivity index (χ3n) is 3.98. The van der Waals surface area contributed by atoms with Crippen molar-refractivity contribution < 1.29 is 34.2 Å². The third kappa shape index (κ3) is 12.2. The molecule has 0 saturated heterocycles. The number of rotatable bonds is 16. The highest BCUT2D eigenvalue weighted by molar-refractivity contribution is 7.98. The highest BCUT2D eigenvalue weighted by Crippen LogP contribution is 2.05. The molecule has 0 rings (SSSR count). The van der Waals surface area contributed by atoms with E-state index in [1.165, 1.54) is 11.8 Å². The molecule has 0 aliphatic carbocycles. The van der Waals surface area contributed by atoms with Crippen LogP contribution in [0.3, 0.4) is 0 Å². The fourth-order valence-corrected chi connectivity index (χ4v) is 2.82. The van der Waals surface area contributed by atoms with Crippen molar-refractivity contribution in [3.63, 3.8) is 0 Å². The summed E-state index contributed by atoms with van der Waals surface area (Å²) in [5.41, 5.74) is 10.8. The van der Waals surface area contributed by atoms with Gasteiger partial charge in [0.2, 0.25) is 17.7 Å². The van der Waals surface area contributed by atoms with Crippen LogP contribution in [0.5, 0.6) is 0 Å². The van der Waals surface area contributed by atoms with Crippen LogP contribution in [0.2, 0.25) is 0 Å². The minimum absolute atomic E-state index is 0.225. The molecule has 0 aliphatic heterocycles. The molecule has 9 N–H and O–H groups in total. The first-order valence-electron chi connectivity index (χ1n) is 9.39. The van der Waals surface area contributed by atoms with Crippen molar-refractivity contribution in [3.8, 4) is 0 Å². The van der Waals surface area contributed by atoms with Gasteiger partial charge in [-0.25, -0.2) is 4.79 Å². The van der Waals surface area contributed by atoms with Gasteiger partial charge in [-0.1, -0.05) is 0 Å². The van der Waals surface area contributed by atoms with Gasteiger partial charge in [0.05, 0.1) is 19.0 Å². The normalized spacial score (nSPS) is 13.6. The number of hydrogen-bond acceptors (Lipinski definition) is 8. The van der Waals surface area contributed by atoms with E-state index in [-0.39, 0.29) is 12.8 Å². The van der Waals surface area contributed by atoms with Crippen molar-refractivity contribution in [2.24, 2.45) is 11.5 Å². The van der Waals surface area contributed by atoms with Crippen LogP contribution in [0.25, 0.3) is 0 Å². The Labute approximate surface area is 178 Å². The zero-order chi connectivity index (χ0) is 23.1. The number of hydrogen-bond donors (Lipinski definition) is 7. The van der Waals surface area contributed by atoms with Gasteiger partial charge in [-0.05, 0) is 44.2 Å². The summed E-state index contributed by atoms with van der Waals surface area (Å²) in [7, 11) is 0. The van der Waals surface area contributed by atoms with Gasteiger partial charge in [-0.3, -0.25) is 19.2 Å². The zero-order valence-electron chi connectivity index (χ0n) is 16.9. The maximum atomic E-state index is 12.5. The Hall–Kier alpha value is -2.38. The Morgan fingerprint density at radius 2 is 1.63 bits per heavy atom. The molecule has 0 aromatic heterocycles. The molecule has 13 heteroatoms. The maximum Gasteiger partial charge on any atom is 0.326 e. The fraction of sp³-hybridized carbons (Fsp3) is 0.706. The van der Waals surface area contributed by atoms with Crippen molar-refractivity contribution in [2.45, 2.75) is 50.2 Å². The molecule has 0 saturated carbocycles. The molecule has 3 amide bonds. The van der Waals surface area contributed by atoms with Gasteiger partial charge in [0.15, 0.2) is 0 Å². The molecular weight excluding hydrogens is 418 g/mol. The summed E-state index contributed by atoms with van der Waals surface area (Å²) in [5.74, 6) is -4.07. The smallest absolute Gasteiger partial charge is 0.326 e. The molecule has 30 heavy (non-hydrogen) atoms. The van der Waals surface area contributed by atoms with Crippen molar-refractivity contribution in [2.75, 3.05) is 25.1 Å². The number of thioether (sulfide) groups is 1. The van der Waals surface area contributed by atoms with E-state index in [4.69, 9.17) is 16.6 Å². The van der Waals surface area contributed by atoms with Crippen LogP contribution in [0.4, 0.5) is 0 Å².